The van der Waals surface area contributed by atoms with Gasteiger partial charge in [-0.25, -0.2) is 4.79 Å². The van der Waals surface area contributed by atoms with Crippen LogP contribution in [0.3, 0.4) is 0 Å². The van der Waals surface area contributed by atoms with Crippen LogP contribution in [0.5, 0.6) is 0 Å². The normalized spacial score (nSPS) is 11.2. The van der Waals surface area contributed by atoms with E-state index < -0.39 is 5.97 Å². The lowest BCUT2D eigenvalue weighted by Crippen LogP contribution is -2.03. The Labute approximate surface area is 126 Å². The van der Waals surface area contributed by atoms with Crippen LogP contribution in [0.15, 0.2) is 58.2 Å². The van der Waals surface area contributed by atoms with Gasteiger partial charge in [0.05, 0.1) is 11.3 Å². The van der Waals surface area contributed by atoms with Crippen LogP contribution < -0.4 is 0 Å². The van der Waals surface area contributed by atoms with Gasteiger partial charge in [0.2, 0.25) is 0 Å². The zero-order valence-corrected chi connectivity index (χ0v) is 12.8. The molecule has 102 valence electrons. The largest absolute Gasteiger partial charge is 0.365 e. The maximum atomic E-state index is 11.8. The van der Waals surface area contributed by atoms with E-state index in [9.17, 15) is 4.79 Å². The summed E-state index contributed by atoms with van der Waals surface area (Å²) in [5, 5.41) is 3.88. The molecule has 0 heterocycles. The fourth-order valence-corrected chi connectivity index (χ4v) is 1.86. The summed E-state index contributed by atoms with van der Waals surface area (Å²) < 4.78 is 0.911. The average molecular weight is 332 g/mol. The smallest absolute Gasteiger partial charge is 0.313 e. The molecule has 0 bridgehead atoms. The highest BCUT2D eigenvalue weighted by Crippen LogP contribution is 2.12. The van der Waals surface area contributed by atoms with Crippen molar-refractivity contribution in [3.63, 3.8) is 0 Å². The van der Waals surface area contributed by atoms with Crippen LogP contribution in [0.25, 0.3) is 0 Å². The first-order valence-corrected chi connectivity index (χ1v) is 6.94. The molecule has 0 N–H and O–H groups in total. The van der Waals surface area contributed by atoms with E-state index in [2.05, 4.69) is 21.1 Å². The van der Waals surface area contributed by atoms with Crippen molar-refractivity contribution >= 4 is 27.6 Å². The highest BCUT2D eigenvalue weighted by Gasteiger charge is 2.07. The first-order chi connectivity index (χ1) is 9.56. The van der Waals surface area contributed by atoms with Crippen molar-refractivity contribution < 1.29 is 9.63 Å². The molecule has 0 aromatic heterocycles. The molecular formula is C16H14BrNO2. The molecule has 20 heavy (non-hydrogen) atoms. The third-order valence-corrected chi connectivity index (χ3v) is 3.34. The highest BCUT2D eigenvalue weighted by atomic mass is 79.9. The molecular weight excluding hydrogens is 318 g/mol. The standard InChI is InChI=1S/C16H14BrNO2/c1-11-3-5-13(6-4-11)12(2)18-20-16(19)14-7-9-15(17)10-8-14/h3-10H,1-2H3/b18-12+. The fourth-order valence-electron chi connectivity index (χ4n) is 1.60. The molecule has 0 aliphatic rings. The molecule has 0 amide bonds. The Hall–Kier alpha value is -1.94. The summed E-state index contributed by atoms with van der Waals surface area (Å²) in [6.07, 6.45) is 0. The molecule has 0 atom stereocenters. The number of benzene rings is 2. The van der Waals surface area contributed by atoms with Crippen LogP contribution in [0, 0.1) is 6.92 Å². The summed E-state index contributed by atoms with van der Waals surface area (Å²) in [5.74, 6) is -0.469. The van der Waals surface area contributed by atoms with Crippen molar-refractivity contribution in [2.45, 2.75) is 13.8 Å². The summed E-state index contributed by atoms with van der Waals surface area (Å²) in [7, 11) is 0. The van der Waals surface area contributed by atoms with Gasteiger partial charge in [0, 0.05) is 4.47 Å². The lowest BCUT2D eigenvalue weighted by Gasteiger charge is -2.02. The van der Waals surface area contributed by atoms with Crippen LogP contribution in [0.4, 0.5) is 0 Å². The molecule has 0 fully saturated rings. The van der Waals surface area contributed by atoms with Gasteiger partial charge < -0.3 is 4.84 Å². The van der Waals surface area contributed by atoms with E-state index in [0.29, 0.717) is 11.3 Å². The van der Waals surface area contributed by atoms with E-state index in [1.54, 1.807) is 31.2 Å². The first kappa shape index (κ1) is 14.5. The SMILES string of the molecule is C/C(=N\OC(=O)c1ccc(Br)cc1)c1ccc(C)cc1. The highest BCUT2D eigenvalue weighted by molar-refractivity contribution is 9.10. The van der Waals surface area contributed by atoms with Crippen molar-refractivity contribution in [3.05, 3.63) is 69.7 Å². The van der Waals surface area contributed by atoms with Crippen LogP contribution in [0.1, 0.15) is 28.4 Å². The number of carbonyl (C=O) groups excluding carboxylic acids is 1. The number of nitrogens with zero attached hydrogens (tertiary/aromatic N) is 1. The van der Waals surface area contributed by atoms with Crippen molar-refractivity contribution in [3.8, 4) is 0 Å². The Bertz CT molecular complexity index is 631. The van der Waals surface area contributed by atoms with Gasteiger partial charge >= 0.3 is 5.97 Å². The van der Waals surface area contributed by atoms with Gasteiger partial charge in [-0.2, -0.15) is 0 Å². The fraction of sp³-hybridized carbons (Fsp3) is 0.125. The minimum Gasteiger partial charge on any atom is -0.313 e. The maximum absolute atomic E-state index is 11.8. The van der Waals surface area contributed by atoms with E-state index >= 15 is 0 Å². The predicted molar refractivity (Wildman–Crippen MR) is 82.9 cm³/mol. The molecule has 3 nitrogen and oxygen atoms in total. The number of halogens is 1. The molecule has 0 spiro atoms. The van der Waals surface area contributed by atoms with E-state index in [4.69, 9.17) is 4.84 Å². The summed E-state index contributed by atoms with van der Waals surface area (Å²) in [6.45, 7) is 3.82. The number of hydrogen-bond acceptors (Lipinski definition) is 3. The second-order valence-corrected chi connectivity index (χ2v) is 5.34. The van der Waals surface area contributed by atoms with Crippen LogP contribution >= 0.6 is 15.9 Å². The molecule has 4 heteroatoms. The average Bonchev–Trinajstić information content (AvgIpc) is 2.46. The Morgan fingerprint density at radius 1 is 1.00 bits per heavy atom. The van der Waals surface area contributed by atoms with Gasteiger partial charge in [0.25, 0.3) is 0 Å². The number of oxime groups is 1. The summed E-state index contributed by atoms with van der Waals surface area (Å²) in [5.41, 5.74) is 3.23. The van der Waals surface area contributed by atoms with Gasteiger partial charge in [0.15, 0.2) is 0 Å². The molecule has 0 saturated carbocycles. The van der Waals surface area contributed by atoms with E-state index in [0.717, 1.165) is 10.0 Å². The maximum Gasteiger partial charge on any atom is 0.365 e. The molecule has 2 aromatic carbocycles. The monoisotopic (exact) mass is 331 g/mol. The molecule has 0 saturated heterocycles. The third-order valence-electron chi connectivity index (χ3n) is 2.81. The Kier molecular flexibility index (Phi) is 4.69. The van der Waals surface area contributed by atoms with Gasteiger partial charge in [-0.1, -0.05) is 50.9 Å². The number of carbonyl (C=O) groups is 1. The zero-order valence-electron chi connectivity index (χ0n) is 11.3. The third kappa shape index (κ3) is 3.78. The second kappa shape index (κ2) is 6.48. The quantitative estimate of drug-likeness (QED) is 0.476. The summed E-state index contributed by atoms with van der Waals surface area (Å²) in [4.78, 5) is 16.7. The second-order valence-electron chi connectivity index (χ2n) is 4.43. The Morgan fingerprint density at radius 2 is 1.55 bits per heavy atom. The lowest BCUT2D eigenvalue weighted by atomic mass is 10.1. The molecule has 0 aliphatic heterocycles. The van der Waals surface area contributed by atoms with E-state index in [1.807, 2.05) is 31.2 Å². The van der Waals surface area contributed by atoms with Crippen LogP contribution in [-0.2, 0) is 4.84 Å². The minimum absolute atomic E-state index is 0.466. The number of aryl methyl sites for hydroxylation is 1. The Morgan fingerprint density at radius 3 is 2.15 bits per heavy atom. The predicted octanol–water partition coefficient (Wildman–Crippen LogP) is 4.34. The van der Waals surface area contributed by atoms with Crippen molar-refractivity contribution in [2.75, 3.05) is 0 Å². The molecule has 0 radical (unpaired) electrons. The minimum atomic E-state index is -0.469. The summed E-state index contributed by atoms with van der Waals surface area (Å²) in [6, 6.07) is 14.8. The molecule has 2 rings (SSSR count). The van der Waals surface area contributed by atoms with Crippen LogP contribution in [0.2, 0.25) is 0 Å². The first-order valence-electron chi connectivity index (χ1n) is 6.15. The van der Waals surface area contributed by atoms with Crippen molar-refractivity contribution in [1.29, 1.82) is 0 Å². The summed E-state index contributed by atoms with van der Waals surface area (Å²) >= 11 is 3.31. The zero-order chi connectivity index (χ0) is 14.5. The van der Waals surface area contributed by atoms with Crippen LogP contribution in [-0.4, -0.2) is 11.7 Å². The van der Waals surface area contributed by atoms with Gasteiger partial charge in [0.1, 0.15) is 0 Å². The molecule has 2 aromatic rings. The van der Waals surface area contributed by atoms with Gasteiger partial charge in [-0.15, -0.1) is 0 Å². The van der Waals surface area contributed by atoms with E-state index in [-0.39, 0.29) is 0 Å². The molecule has 0 aliphatic carbocycles. The van der Waals surface area contributed by atoms with Crippen molar-refractivity contribution in [1.82, 2.24) is 0 Å². The molecule has 0 unspecified atom stereocenters. The topological polar surface area (TPSA) is 38.7 Å². The number of rotatable bonds is 3. The van der Waals surface area contributed by atoms with Gasteiger partial charge in [-0.05, 0) is 43.7 Å². The Balaban J connectivity index is 2.06. The van der Waals surface area contributed by atoms with Gasteiger partial charge in [-0.3, -0.25) is 0 Å². The van der Waals surface area contributed by atoms with Crippen molar-refractivity contribution in [2.24, 2.45) is 5.16 Å². The number of hydrogen-bond donors (Lipinski definition) is 0. The lowest BCUT2D eigenvalue weighted by molar-refractivity contribution is 0.0516. The van der Waals surface area contributed by atoms with E-state index in [1.165, 1.54) is 5.56 Å².